The molecule has 7 heteroatoms. The predicted octanol–water partition coefficient (Wildman–Crippen LogP) is 1.49. The fourth-order valence-corrected chi connectivity index (χ4v) is 1.78. The van der Waals surface area contributed by atoms with Crippen LogP contribution < -0.4 is 5.32 Å². The fraction of sp³-hybridized carbons (Fsp3) is 0.545. The summed E-state index contributed by atoms with van der Waals surface area (Å²) in [5.41, 5.74) is 0. The Morgan fingerprint density at radius 3 is 3.00 bits per heavy atom. The molecule has 0 amide bonds. The number of hydrogen-bond acceptors (Lipinski definition) is 6. The van der Waals surface area contributed by atoms with Gasteiger partial charge in [0.25, 0.3) is 0 Å². The monoisotopic (exact) mass is 271 g/mol. The molecule has 0 spiro atoms. The molecule has 1 aromatic heterocycles. The summed E-state index contributed by atoms with van der Waals surface area (Å²) >= 11 is 1.48. The fourth-order valence-electron chi connectivity index (χ4n) is 1.40. The van der Waals surface area contributed by atoms with Crippen molar-refractivity contribution in [3.8, 4) is 0 Å². The lowest BCUT2D eigenvalue weighted by molar-refractivity contribution is -0.138. The van der Waals surface area contributed by atoms with Crippen LogP contribution in [0.15, 0.2) is 17.4 Å². The van der Waals surface area contributed by atoms with E-state index < -0.39 is 12.0 Å². The van der Waals surface area contributed by atoms with Gasteiger partial charge in [-0.2, -0.15) is 0 Å². The topological polar surface area (TPSA) is 84.3 Å². The zero-order valence-corrected chi connectivity index (χ0v) is 11.2. The van der Waals surface area contributed by atoms with Crippen LogP contribution in [0.25, 0.3) is 0 Å². The molecular formula is C11H17N3O3S. The van der Waals surface area contributed by atoms with Gasteiger partial charge in [0.2, 0.25) is 0 Å². The first kappa shape index (κ1) is 14.7. The van der Waals surface area contributed by atoms with E-state index in [-0.39, 0.29) is 0 Å². The largest absolute Gasteiger partial charge is 0.480 e. The molecule has 0 bridgehead atoms. The molecule has 0 aliphatic heterocycles. The van der Waals surface area contributed by atoms with Crippen LogP contribution in [0.5, 0.6) is 0 Å². The Bertz CT molecular complexity index is 390. The van der Waals surface area contributed by atoms with Gasteiger partial charge < -0.3 is 15.2 Å². The van der Waals surface area contributed by atoms with Gasteiger partial charge in [0, 0.05) is 19.8 Å². The molecule has 0 aliphatic rings. The molecule has 1 unspecified atom stereocenters. The highest BCUT2D eigenvalue weighted by atomic mass is 32.2. The van der Waals surface area contributed by atoms with Crippen molar-refractivity contribution in [1.29, 1.82) is 0 Å². The van der Waals surface area contributed by atoms with Crippen molar-refractivity contribution in [2.24, 2.45) is 0 Å². The van der Waals surface area contributed by atoms with Gasteiger partial charge in [0.05, 0.1) is 0 Å². The zero-order valence-electron chi connectivity index (χ0n) is 10.4. The number of ether oxygens (including phenoxy) is 1. The molecule has 0 saturated carbocycles. The first-order valence-corrected chi connectivity index (χ1v) is 6.74. The van der Waals surface area contributed by atoms with Crippen molar-refractivity contribution >= 4 is 23.5 Å². The Labute approximate surface area is 110 Å². The second-order valence-corrected chi connectivity index (χ2v) is 4.44. The number of rotatable bonds is 8. The third-order valence-corrected chi connectivity index (χ3v) is 2.95. The number of carbonyl (C=O) groups is 1. The highest BCUT2D eigenvalue weighted by Crippen LogP contribution is 2.15. The molecule has 1 heterocycles. The maximum atomic E-state index is 11.1. The van der Waals surface area contributed by atoms with Gasteiger partial charge in [-0.3, -0.25) is 0 Å². The van der Waals surface area contributed by atoms with Crippen LogP contribution in [-0.2, 0) is 9.53 Å². The van der Waals surface area contributed by atoms with Crippen molar-refractivity contribution in [2.45, 2.75) is 23.9 Å². The number of carboxylic acids is 1. The Balaban J connectivity index is 2.61. The van der Waals surface area contributed by atoms with Gasteiger partial charge in [-0.25, -0.2) is 14.8 Å². The lowest BCUT2D eigenvalue weighted by Gasteiger charge is -2.14. The summed E-state index contributed by atoms with van der Waals surface area (Å²) in [6.07, 6.45) is 4.49. The molecule has 1 rings (SSSR count). The molecule has 18 heavy (non-hydrogen) atoms. The van der Waals surface area contributed by atoms with E-state index in [0.717, 1.165) is 5.03 Å². The Morgan fingerprint density at radius 1 is 1.61 bits per heavy atom. The van der Waals surface area contributed by atoms with E-state index >= 15 is 0 Å². The molecule has 2 N–H and O–H groups in total. The number of methoxy groups -OCH3 is 1. The number of anilines is 1. The van der Waals surface area contributed by atoms with Gasteiger partial charge in [-0.1, -0.05) is 0 Å². The van der Waals surface area contributed by atoms with Crippen molar-refractivity contribution in [2.75, 3.05) is 25.3 Å². The summed E-state index contributed by atoms with van der Waals surface area (Å²) in [4.78, 5) is 19.1. The summed E-state index contributed by atoms with van der Waals surface area (Å²) < 4.78 is 4.91. The van der Waals surface area contributed by atoms with E-state index in [2.05, 4.69) is 15.3 Å². The van der Waals surface area contributed by atoms with Gasteiger partial charge >= 0.3 is 5.97 Å². The molecule has 0 fully saturated rings. The SMILES string of the molecule is COCCCC(Nc1cc(SC)ncn1)C(=O)O. The molecular weight excluding hydrogens is 254 g/mol. The van der Waals surface area contributed by atoms with Gasteiger partial charge in [-0.15, -0.1) is 11.8 Å². The minimum atomic E-state index is -0.893. The zero-order chi connectivity index (χ0) is 13.4. The van der Waals surface area contributed by atoms with Crippen molar-refractivity contribution in [3.05, 3.63) is 12.4 Å². The van der Waals surface area contributed by atoms with E-state index in [1.807, 2.05) is 6.26 Å². The van der Waals surface area contributed by atoms with Gasteiger partial charge in [-0.05, 0) is 19.1 Å². The number of aromatic nitrogens is 2. The second-order valence-electron chi connectivity index (χ2n) is 3.62. The highest BCUT2D eigenvalue weighted by molar-refractivity contribution is 7.98. The predicted molar refractivity (Wildman–Crippen MR) is 70.0 cm³/mol. The van der Waals surface area contributed by atoms with E-state index in [1.165, 1.54) is 18.1 Å². The normalized spacial score (nSPS) is 12.1. The number of nitrogens with one attached hydrogen (secondary N) is 1. The van der Waals surface area contributed by atoms with Gasteiger partial charge in [0.1, 0.15) is 23.2 Å². The Hall–Kier alpha value is -1.34. The van der Waals surface area contributed by atoms with Gasteiger partial charge in [0.15, 0.2) is 0 Å². The minimum Gasteiger partial charge on any atom is -0.480 e. The van der Waals surface area contributed by atoms with Crippen LogP contribution in [0, 0.1) is 0 Å². The van der Waals surface area contributed by atoms with Crippen LogP contribution in [0.3, 0.4) is 0 Å². The van der Waals surface area contributed by atoms with E-state index in [4.69, 9.17) is 9.84 Å². The first-order chi connectivity index (χ1) is 8.67. The maximum Gasteiger partial charge on any atom is 0.326 e. The number of hydrogen-bond donors (Lipinski definition) is 2. The molecule has 0 saturated heterocycles. The molecule has 1 atom stereocenters. The smallest absolute Gasteiger partial charge is 0.326 e. The number of thioether (sulfide) groups is 1. The highest BCUT2D eigenvalue weighted by Gasteiger charge is 2.17. The number of nitrogens with zero attached hydrogens (tertiary/aromatic N) is 2. The minimum absolute atomic E-state index is 0.488. The molecule has 1 aromatic rings. The van der Waals surface area contributed by atoms with Crippen molar-refractivity contribution in [3.63, 3.8) is 0 Å². The number of aliphatic carboxylic acids is 1. The molecule has 0 radical (unpaired) electrons. The number of carboxylic acid groups (broad SMARTS) is 1. The van der Waals surface area contributed by atoms with Crippen molar-refractivity contribution < 1.29 is 14.6 Å². The summed E-state index contributed by atoms with van der Waals surface area (Å²) in [6, 6.07) is 1.07. The third kappa shape index (κ3) is 4.89. The summed E-state index contributed by atoms with van der Waals surface area (Å²) in [6.45, 7) is 0.547. The lowest BCUT2D eigenvalue weighted by Crippen LogP contribution is -2.30. The van der Waals surface area contributed by atoms with E-state index in [1.54, 1.807) is 13.2 Å². The summed E-state index contributed by atoms with van der Waals surface area (Å²) in [5, 5.41) is 12.8. The van der Waals surface area contributed by atoms with Crippen LogP contribution in [0.2, 0.25) is 0 Å². The van der Waals surface area contributed by atoms with E-state index in [9.17, 15) is 4.79 Å². The summed E-state index contributed by atoms with van der Waals surface area (Å²) in [7, 11) is 1.60. The average molecular weight is 271 g/mol. The molecule has 100 valence electrons. The maximum absolute atomic E-state index is 11.1. The summed E-state index contributed by atoms with van der Waals surface area (Å²) in [5.74, 6) is -0.366. The quantitative estimate of drug-likeness (QED) is 0.421. The van der Waals surface area contributed by atoms with Crippen LogP contribution >= 0.6 is 11.8 Å². The molecule has 0 aromatic carbocycles. The van der Waals surface area contributed by atoms with Crippen LogP contribution in [0.1, 0.15) is 12.8 Å². The lowest BCUT2D eigenvalue weighted by atomic mass is 10.1. The Kier molecular flexibility index (Phi) is 6.45. The third-order valence-electron chi connectivity index (χ3n) is 2.31. The Morgan fingerprint density at radius 2 is 2.39 bits per heavy atom. The first-order valence-electron chi connectivity index (χ1n) is 5.51. The van der Waals surface area contributed by atoms with Crippen molar-refractivity contribution in [1.82, 2.24) is 9.97 Å². The second kappa shape index (κ2) is 7.88. The standard InChI is InChI=1S/C11H17N3O3S/c1-17-5-3-4-8(11(15)16)14-9-6-10(18-2)13-7-12-9/h6-8H,3-5H2,1-2H3,(H,15,16)(H,12,13,14). The van der Waals surface area contributed by atoms with Crippen LogP contribution in [-0.4, -0.2) is 47.1 Å². The molecule has 6 nitrogen and oxygen atoms in total. The molecule has 0 aliphatic carbocycles. The van der Waals surface area contributed by atoms with E-state index in [0.29, 0.717) is 25.3 Å². The van der Waals surface area contributed by atoms with Crippen LogP contribution in [0.4, 0.5) is 5.82 Å². The average Bonchev–Trinajstić information content (AvgIpc) is 2.38.